The van der Waals surface area contributed by atoms with Crippen molar-refractivity contribution >= 4 is 16.9 Å². The van der Waals surface area contributed by atoms with Gasteiger partial charge in [0.15, 0.2) is 5.82 Å². The topological polar surface area (TPSA) is 69.0 Å². The Labute approximate surface area is 128 Å². The highest BCUT2D eigenvalue weighted by atomic mass is 16.5. The number of aryl methyl sites for hydroxylation is 2. The minimum absolute atomic E-state index is 0.515. The van der Waals surface area contributed by atoms with Crippen LogP contribution < -0.4 is 9.64 Å². The predicted molar refractivity (Wildman–Crippen MR) is 84.8 cm³/mol. The standard InChI is InChI=1S/C15H18N6O/c1-9-6-10(2)21(19-9)13-7-12-11(8-16-13)14(22-5)18-15(17-12)20(3)4/h6-8H,1-5H3. The molecule has 0 radical (unpaired) electrons. The highest BCUT2D eigenvalue weighted by Crippen LogP contribution is 2.25. The van der Waals surface area contributed by atoms with Crippen LogP contribution in [0.3, 0.4) is 0 Å². The summed E-state index contributed by atoms with van der Waals surface area (Å²) in [6.07, 6.45) is 1.72. The second kappa shape index (κ2) is 5.25. The van der Waals surface area contributed by atoms with Gasteiger partial charge in [-0.15, -0.1) is 0 Å². The predicted octanol–water partition coefficient (Wildman–Crippen LogP) is 1.90. The number of aromatic nitrogens is 5. The van der Waals surface area contributed by atoms with E-state index in [0.717, 1.165) is 28.1 Å². The Morgan fingerprint density at radius 2 is 1.91 bits per heavy atom. The molecular weight excluding hydrogens is 280 g/mol. The van der Waals surface area contributed by atoms with E-state index in [1.807, 2.05) is 45.0 Å². The normalized spacial score (nSPS) is 11.0. The molecule has 114 valence electrons. The Kier molecular flexibility index (Phi) is 3.40. The second-order valence-electron chi connectivity index (χ2n) is 5.33. The maximum atomic E-state index is 5.35. The quantitative estimate of drug-likeness (QED) is 0.735. The van der Waals surface area contributed by atoms with Crippen molar-refractivity contribution in [3.05, 3.63) is 29.7 Å². The third kappa shape index (κ3) is 2.34. The van der Waals surface area contributed by atoms with Crippen LogP contribution in [0.2, 0.25) is 0 Å². The van der Waals surface area contributed by atoms with Gasteiger partial charge in [0, 0.05) is 32.1 Å². The van der Waals surface area contributed by atoms with Crippen LogP contribution in [-0.2, 0) is 0 Å². The lowest BCUT2D eigenvalue weighted by Gasteiger charge is -2.13. The zero-order valence-electron chi connectivity index (χ0n) is 13.3. The minimum Gasteiger partial charge on any atom is -0.480 e. The van der Waals surface area contributed by atoms with Gasteiger partial charge in [-0.05, 0) is 19.9 Å². The van der Waals surface area contributed by atoms with E-state index in [4.69, 9.17) is 4.74 Å². The van der Waals surface area contributed by atoms with Crippen LogP contribution in [0.15, 0.2) is 18.3 Å². The summed E-state index contributed by atoms with van der Waals surface area (Å²) in [6, 6.07) is 3.91. The fourth-order valence-corrected chi connectivity index (χ4v) is 2.31. The molecule has 3 aromatic heterocycles. The maximum Gasteiger partial charge on any atom is 0.228 e. The summed E-state index contributed by atoms with van der Waals surface area (Å²) in [5.41, 5.74) is 2.75. The Morgan fingerprint density at radius 3 is 2.50 bits per heavy atom. The van der Waals surface area contributed by atoms with Crippen LogP contribution in [0.5, 0.6) is 5.88 Å². The van der Waals surface area contributed by atoms with Crippen LogP contribution in [0.4, 0.5) is 5.95 Å². The molecule has 0 N–H and O–H groups in total. The Bertz CT molecular complexity index is 839. The van der Waals surface area contributed by atoms with E-state index in [1.54, 1.807) is 18.0 Å². The van der Waals surface area contributed by atoms with Gasteiger partial charge in [-0.3, -0.25) is 0 Å². The zero-order chi connectivity index (χ0) is 15.9. The summed E-state index contributed by atoms with van der Waals surface area (Å²) >= 11 is 0. The lowest BCUT2D eigenvalue weighted by Crippen LogP contribution is -2.13. The zero-order valence-corrected chi connectivity index (χ0v) is 13.3. The lowest BCUT2D eigenvalue weighted by atomic mass is 10.3. The Balaban J connectivity index is 2.22. The van der Waals surface area contributed by atoms with Crippen molar-refractivity contribution in [1.82, 2.24) is 24.7 Å². The van der Waals surface area contributed by atoms with Gasteiger partial charge >= 0.3 is 0 Å². The molecule has 0 bridgehead atoms. The molecule has 22 heavy (non-hydrogen) atoms. The van der Waals surface area contributed by atoms with Gasteiger partial charge in [0.2, 0.25) is 11.8 Å². The monoisotopic (exact) mass is 298 g/mol. The Morgan fingerprint density at radius 1 is 1.14 bits per heavy atom. The third-order valence-electron chi connectivity index (χ3n) is 3.34. The number of ether oxygens (including phenoxy) is 1. The summed E-state index contributed by atoms with van der Waals surface area (Å²) in [6.45, 7) is 3.96. The largest absolute Gasteiger partial charge is 0.480 e. The van der Waals surface area contributed by atoms with Gasteiger partial charge in [-0.2, -0.15) is 10.1 Å². The number of methoxy groups -OCH3 is 1. The first kappa shape index (κ1) is 14.2. The summed E-state index contributed by atoms with van der Waals surface area (Å²) in [5, 5.41) is 5.23. The van der Waals surface area contributed by atoms with Crippen molar-refractivity contribution < 1.29 is 4.74 Å². The minimum atomic E-state index is 0.515. The number of anilines is 1. The Hall–Kier alpha value is -2.70. The number of pyridine rings is 1. The molecule has 0 aliphatic heterocycles. The van der Waals surface area contributed by atoms with Crippen LogP contribution in [0, 0.1) is 13.8 Å². The smallest absolute Gasteiger partial charge is 0.228 e. The van der Waals surface area contributed by atoms with Crippen LogP contribution >= 0.6 is 0 Å². The molecule has 0 aliphatic rings. The molecule has 0 amide bonds. The molecule has 0 unspecified atom stereocenters. The molecule has 0 fully saturated rings. The summed E-state index contributed by atoms with van der Waals surface area (Å²) in [7, 11) is 5.38. The first-order chi connectivity index (χ1) is 10.5. The van der Waals surface area contributed by atoms with Crippen molar-refractivity contribution in [1.29, 1.82) is 0 Å². The highest BCUT2D eigenvalue weighted by molar-refractivity contribution is 5.84. The van der Waals surface area contributed by atoms with Gasteiger partial charge in [0.25, 0.3) is 0 Å². The molecule has 0 atom stereocenters. The van der Waals surface area contributed by atoms with E-state index in [2.05, 4.69) is 20.1 Å². The summed E-state index contributed by atoms with van der Waals surface area (Å²) in [4.78, 5) is 15.2. The van der Waals surface area contributed by atoms with Crippen LogP contribution in [0.1, 0.15) is 11.4 Å². The van der Waals surface area contributed by atoms with Gasteiger partial charge in [-0.25, -0.2) is 14.6 Å². The van der Waals surface area contributed by atoms with E-state index < -0.39 is 0 Å². The molecule has 7 nitrogen and oxygen atoms in total. The molecule has 3 heterocycles. The molecule has 0 aliphatic carbocycles. The summed E-state index contributed by atoms with van der Waals surface area (Å²) < 4.78 is 7.16. The van der Waals surface area contributed by atoms with Gasteiger partial charge in [-0.1, -0.05) is 0 Å². The first-order valence-electron chi connectivity index (χ1n) is 6.92. The molecule has 3 aromatic rings. The van der Waals surface area contributed by atoms with Gasteiger partial charge in [0.05, 0.1) is 23.7 Å². The number of hydrogen-bond acceptors (Lipinski definition) is 6. The second-order valence-corrected chi connectivity index (χ2v) is 5.33. The van der Waals surface area contributed by atoms with Gasteiger partial charge < -0.3 is 9.64 Å². The number of hydrogen-bond donors (Lipinski definition) is 0. The molecule has 3 rings (SSSR count). The van der Waals surface area contributed by atoms with Crippen molar-refractivity contribution in [2.75, 3.05) is 26.1 Å². The molecule has 0 saturated heterocycles. The van der Waals surface area contributed by atoms with E-state index >= 15 is 0 Å². The summed E-state index contributed by atoms with van der Waals surface area (Å²) in [5.74, 6) is 1.83. The SMILES string of the molecule is COc1nc(N(C)C)nc2cc(-n3nc(C)cc3C)ncc12. The lowest BCUT2D eigenvalue weighted by molar-refractivity contribution is 0.402. The van der Waals surface area contributed by atoms with E-state index in [1.165, 1.54) is 0 Å². The highest BCUT2D eigenvalue weighted by Gasteiger charge is 2.12. The molecule has 0 saturated carbocycles. The number of rotatable bonds is 3. The first-order valence-corrected chi connectivity index (χ1v) is 6.92. The van der Waals surface area contributed by atoms with Crippen LogP contribution in [0.25, 0.3) is 16.7 Å². The fraction of sp³-hybridized carbons (Fsp3) is 0.333. The van der Waals surface area contributed by atoms with Crippen molar-refractivity contribution in [3.63, 3.8) is 0 Å². The average Bonchev–Trinajstić information content (AvgIpc) is 2.84. The van der Waals surface area contributed by atoms with E-state index in [9.17, 15) is 0 Å². The molecular formula is C15H18N6O. The molecule has 7 heteroatoms. The van der Waals surface area contributed by atoms with Crippen molar-refractivity contribution in [3.8, 4) is 11.7 Å². The molecule has 0 aromatic carbocycles. The average molecular weight is 298 g/mol. The van der Waals surface area contributed by atoms with Crippen molar-refractivity contribution in [2.24, 2.45) is 0 Å². The molecule has 0 spiro atoms. The maximum absolute atomic E-state index is 5.35. The van der Waals surface area contributed by atoms with Crippen molar-refractivity contribution in [2.45, 2.75) is 13.8 Å². The van der Waals surface area contributed by atoms with Crippen LogP contribution in [-0.4, -0.2) is 45.9 Å². The third-order valence-corrected chi connectivity index (χ3v) is 3.34. The van der Waals surface area contributed by atoms with Gasteiger partial charge in [0.1, 0.15) is 0 Å². The van der Waals surface area contributed by atoms with E-state index in [0.29, 0.717) is 11.8 Å². The fourth-order valence-electron chi connectivity index (χ4n) is 2.31. The number of fused-ring (bicyclic) bond motifs is 1. The number of nitrogens with zero attached hydrogens (tertiary/aromatic N) is 6. The van der Waals surface area contributed by atoms with E-state index in [-0.39, 0.29) is 0 Å².